The molecule has 140 valence electrons. The number of aromatic nitrogens is 3. The van der Waals surface area contributed by atoms with Crippen molar-refractivity contribution < 1.29 is 14.3 Å². The van der Waals surface area contributed by atoms with Crippen LogP contribution in [0.2, 0.25) is 0 Å². The van der Waals surface area contributed by atoms with Crippen molar-refractivity contribution in [1.29, 1.82) is 0 Å². The van der Waals surface area contributed by atoms with Gasteiger partial charge in [-0.05, 0) is 38.1 Å². The van der Waals surface area contributed by atoms with E-state index in [-0.39, 0.29) is 23.5 Å². The molecule has 1 heterocycles. The van der Waals surface area contributed by atoms with Crippen molar-refractivity contribution in [2.75, 3.05) is 12.4 Å². The lowest BCUT2D eigenvalue weighted by molar-refractivity contribution is -0.118. The van der Waals surface area contributed by atoms with Crippen molar-refractivity contribution in [3.63, 3.8) is 0 Å². The molecule has 2 aromatic rings. The number of carbonyl (C=O) groups excluding carboxylic acids is 2. The summed E-state index contributed by atoms with van der Waals surface area (Å²) in [7, 11) is 1.59. The summed E-state index contributed by atoms with van der Waals surface area (Å²) in [5, 5.41) is 11.4. The highest BCUT2D eigenvalue weighted by atomic mass is 32.2. The Kier molecular flexibility index (Phi) is 7.02. The molecule has 1 aromatic heterocycles. The minimum Gasteiger partial charge on any atom is -0.497 e. The van der Waals surface area contributed by atoms with Gasteiger partial charge in [0.1, 0.15) is 11.6 Å². The van der Waals surface area contributed by atoms with Gasteiger partial charge in [0.15, 0.2) is 5.16 Å². The maximum atomic E-state index is 12.4. The van der Waals surface area contributed by atoms with E-state index < -0.39 is 0 Å². The summed E-state index contributed by atoms with van der Waals surface area (Å²) >= 11 is 1.32. The largest absolute Gasteiger partial charge is 0.497 e. The van der Waals surface area contributed by atoms with Crippen LogP contribution in [0.4, 0.5) is 5.69 Å². The summed E-state index contributed by atoms with van der Waals surface area (Å²) in [5.41, 5.74) is 5.88. The Morgan fingerprint density at radius 2 is 2.00 bits per heavy atom. The molecule has 0 bridgehead atoms. The number of rotatable bonds is 9. The number of hydrogen-bond donors (Lipinski definition) is 2. The second-order valence-corrected chi connectivity index (χ2v) is 6.90. The highest BCUT2D eigenvalue weighted by Crippen LogP contribution is 2.24. The van der Waals surface area contributed by atoms with Crippen molar-refractivity contribution >= 4 is 29.3 Å². The van der Waals surface area contributed by atoms with Crippen LogP contribution in [0.5, 0.6) is 5.75 Å². The number of primary amides is 1. The fraction of sp³-hybridized carbons (Fsp3) is 0.412. The Hall–Kier alpha value is -2.55. The molecule has 2 rings (SSSR count). The average Bonchev–Trinajstić information content (AvgIpc) is 3.02. The van der Waals surface area contributed by atoms with Gasteiger partial charge in [0.2, 0.25) is 11.8 Å². The molecule has 0 aliphatic carbocycles. The van der Waals surface area contributed by atoms with E-state index in [0.717, 1.165) is 5.75 Å². The molecular formula is C17H23N5O3S. The van der Waals surface area contributed by atoms with E-state index in [1.807, 2.05) is 11.5 Å². The highest BCUT2D eigenvalue weighted by Gasteiger charge is 2.20. The number of hydrogen-bond acceptors (Lipinski definition) is 6. The Labute approximate surface area is 156 Å². The minimum atomic E-state index is -0.378. The van der Waals surface area contributed by atoms with Gasteiger partial charge < -0.3 is 20.4 Å². The maximum Gasteiger partial charge on any atom is 0.237 e. The molecule has 0 unspecified atom stereocenters. The third-order valence-corrected chi connectivity index (χ3v) is 4.79. The molecular weight excluding hydrogens is 354 g/mol. The normalized spacial score (nSPS) is 11.8. The van der Waals surface area contributed by atoms with Gasteiger partial charge in [0.25, 0.3) is 0 Å². The van der Waals surface area contributed by atoms with Gasteiger partial charge in [-0.2, -0.15) is 0 Å². The SMILES string of the molecule is CCn1c(CCC(N)=O)nnc1S[C@@H](C)C(=O)Nc1ccc(OC)cc1. The molecule has 2 amide bonds. The first kappa shape index (κ1) is 19.8. The fourth-order valence-corrected chi connectivity index (χ4v) is 3.21. The van der Waals surface area contributed by atoms with Crippen LogP contribution in [-0.4, -0.2) is 38.9 Å². The van der Waals surface area contributed by atoms with Crippen LogP contribution in [0.1, 0.15) is 26.1 Å². The number of methoxy groups -OCH3 is 1. The summed E-state index contributed by atoms with van der Waals surface area (Å²) < 4.78 is 6.99. The zero-order valence-electron chi connectivity index (χ0n) is 15.1. The van der Waals surface area contributed by atoms with Crippen molar-refractivity contribution in [3.8, 4) is 5.75 Å². The highest BCUT2D eigenvalue weighted by molar-refractivity contribution is 8.00. The van der Waals surface area contributed by atoms with Crippen LogP contribution in [0.25, 0.3) is 0 Å². The van der Waals surface area contributed by atoms with Crippen molar-refractivity contribution in [1.82, 2.24) is 14.8 Å². The predicted molar refractivity (Wildman–Crippen MR) is 100 cm³/mol. The number of nitrogens with two attached hydrogens (primary N) is 1. The lowest BCUT2D eigenvalue weighted by atomic mass is 10.3. The van der Waals surface area contributed by atoms with Crippen molar-refractivity contribution in [2.24, 2.45) is 5.73 Å². The lowest BCUT2D eigenvalue weighted by Crippen LogP contribution is -2.23. The molecule has 8 nitrogen and oxygen atoms in total. The number of amides is 2. The average molecular weight is 377 g/mol. The number of aryl methyl sites for hydroxylation is 1. The van der Waals surface area contributed by atoms with Crippen molar-refractivity contribution in [3.05, 3.63) is 30.1 Å². The van der Waals surface area contributed by atoms with E-state index in [4.69, 9.17) is 10.5 Å². The molecule has 0 fully saturated rings. The van der Waals surface area contributed by atoms with Crippen LogP contribution in [-0.2, 0) is 22.6 Å². The first-order chi connectivity index (χ1) is 12.4. The number of carbonyl (C=O) groups is 2. The summed E-state index contributed by atoms with van der Waals surface area (Å²) in [6.07, 6.45) is 0.652. The molecule has 0 aliphatic heterocycles. The van der Waals surface area contributed by atoms with Gasteiger partial charge in [0, 0.05) is 25.1 Å². The van der Waals surface area contributed by atoms with Crippen LogP contribution < -0.4 is 15.8 Å². The molecule has 0 radical (unpaired) electrons. The predicted octanol–water partition coefficient (Wildman–Crippen LogP) is 1.84. The molecule has 0 aliphatic rings. The van der Waals surface area contributed by atoms with Gasteiger partial charge in [0.05, 0.1) is 12.4 Å². The quantitative estimate of drug-likeness (QED) is 0.645. The van der Waals surface area contributed by atoms with Gasteiger partial charge >= 0.3 is 0 Å². The second kappa shape index (κ2) is 9.23. The molecule has 0 saturated heterocycles. The lowest BCUT2D eigenvalue weighted by Gasteiger charge is -2.13. The molecule has 1 aromatic carbocycles. The Bertz CT molecular complexity index is 760. The topological polar surface area (TPSA) is 112 Å². The standard InChI is InChI=1S/C17H23N5O3S/c1-4-22-15(10-9-14(18)23)20-21-17(22)26-11(2)16(24)19-12-5-7-13(25-3)8-6-12/h5-8,11H,4,9-10H2,1-3H3,(H2,18,23)(H,19,24)/t11-/m0/s1. The molecule has 26 heavy (non-hydrogen) atoms. The van der Waals surface area contributed by atoms with Crippen LogP contribution >= 0.6 is 11.8 Å². The van der Waals surface area contributed by atoms with Crippen LogP contribution in [0.15, 0.2) is 29.4 Å². The number of thioether (sulfide) groups is 1. The van der Waals surface area contributed by atoms with E-state index in [2.05, 4.69) is 15.5 Å². The minimum absolute atomic E-state index is 0.135. The maximum absolute atomic E-state index is 12.4. The third-order valence-electron chi connectivity index (χ3n) is 3.71. The Morgan fingerprint density at radius 3 is 2.58 bits per heavy atom. The Morgan fingerprint density at radius 1 is 1.31 bits per heavy atom. The molecule has 3 N–H and O–H groups in total. The number of benzene rings is 1. The summed E-state index contributed by atoms with van der Waals surface area (Å²) in [6.45, 7) is 4.42. The number of anilines is 1. The molecule has 0 saturated carbocycles. The Balaban J connectivity index is 2.00. The van der Waals surface area contributed by atoms with Crippen LogP contribution in [0, 0.1) is 0 Å². The van der Waals surface area contributed by atoms with E-state index >= 15 is 0 Å². The second-order valence-electron chi connectivity index (χ2n) is 5.59. The summed E-state index contributed by atoms with van der Waals surface area (Å²) in [4.78, 5) is 23.4. The van der Waals surface area contributed by atoms with E-state index in [1.165, 1.54) is 11.8 Å². The fourth-order valence-electron chi connectivity index (χ4n) is 2.27. The summed E-state index contributed by atoms with van der Waals surface area (Å²) in [5.74, 6) is 0.906. The van der Waals surface area contributed by atoms with Gasteiger partial charge in [-0.25, -0.2) is 0 Å². The monoisotopic (exact) mass is 377 g/mol. The zero-order chi connectivity index (χ0) is 19.1. The van der Waals surface area contributed by atoms with Crippen LogP contribution in [0.3, 0.4) is 0 Å². The number of nitrogens with one attached hydrogen (secondary N) is 1. The smallest absolute Gasteiger partial charge is 0.237 e. The van der Waals surface area contributed by atoms with E-state index in [0.29, 0.717) is 29.6 Å². The molecule has 9 heteroatoms. The molecule has 0 spiro atoms. The van der Waals surface area contributed by atoms with Gasteiger partial charge in [-0.15, -0.1) is 10.2 Å². The third kappa shape index (κ3) is 5.22. The van der Waals surface area contributed by atoms with Gasteiger partial charge in [-0.1, -0.05) is 11.8 Å². The zero-order valence-corrected chi connectivity index (χ0v) is 15.9. The van der Waals surface area contributed by atoms with Gasteiger partial charge in [-0.3, -0.25) is 9.59 Å². The first-order valence-electron chi connectivity index (χ1n) is 8.26. The first-order valence-corrected chi connectivity index (χ1v) is 9.14. The molecule has 1 atom stereocenters. The number of nitrogens with zero attached hydrogens (tertiary/aromatic N) is 3. The summed E-state index contributed by atoms with van der Waals surface area (Å²) in [6, 6.07) is 7.13. The van der Waals surface area contributed by atoms with Crippen molar-refractivity contribution in [2.45, 2.75) is 43.6 Å². The number of ether oxygens (including phenoxy) is 1. The van der Waals surface area contributed by atoms with E-state index in [9.17, 15) is 9.59 Å². The van der Waals surface area contributed by atoms with E-state index in [1.54, 1.807) is 38.3 Å².